The van der Waals surface area contributed by atoms with E-state index < -0.39 is 10.0 Å². The smallest absolute Gasteiger partial charge is 0.244 e. The fourth-order valence-corrected chi connectivity index (χ4v) is 5.60. The number of nitrogens with one attached hydrogen (secondary N) is 1. The van der Waals surface area contributed by atoms with E-state index in [1.807, 2.05) is 12.4 Å². The zero-order valence-electron chi connectivity index (χ0n) is 11.6. The molecule has 1 N–H and O–H groups in total. The van der Waals surface area contributed by atoms with Crippen LogP contribution in [0.4, 0.5) is 0 Å². The van der Waals surface area contributed by atoms with Gasteiger partial charge in [0.25, 0.3) is 0 Å². The summed E-state index contributed by atoms with van der Waals surface area (Å²) in [6, 6.07) is 1.74. The van der Waals surface area contributed by atoms with Crippen LogP contribution in [0.15, 0.2) is 16.3 Å². The van der Waals surface area contributed by atoms with Gasteiger partial charge in [0.15, 0.2) is 0 Å². The molecule has 6 heteroatoms. The quantitative estimate of drug-likeness (QED) is 0.877. The maximum Gasteiger partial charge on any atom is 0.244 e. The fraction of sp³-hybridized carbons (Fsp3) is 0.692. The Morgan fingerprint density at radius 3 is 3.00 bits per heavy atom. The van der Waals surface area contributed by atoms with Crippen molar-refractivity contribution in [1.29, 1.82) is 0 Å². The van der Waals surface area contributed by atoms with Crippen LogP contribution in [0.3, 0.4) is 0 Å². The third-order valence-electron chi connectivity index (χ3n) is 3.61. The summed E-state index contributed by atoms with van der Waals surface area (Å²) >= 11 is 1.50. The largest absolute Gasteiger partial charge is 0.315 e. The van der Waals surface area contributed by atoms with Crippen molar-refractivity contribution in [3.8, 4) is 0 Å². The van der Waals surface area contributed by atoms with E-state index in [-0.39, 0.29) is 0 Å². The van der Waals surface area contributed by atoms with Crippen LogP contribution in [-0.2, 0) is 16.6 Å². The first-order valence-electron chi connectivity index (χ1n) is 6.80. The van der Waals surface area contributed by atoms with Crippen LogP contribution in [-0.4, -0.2) is 32.9 Å². The van der Waals surface area contributed by atoms with E-state index in [4.69, 9.17) is 0 Å². The summed E-state index contributed by atoms with van der Waals surface area (Å²) in [4.78, 5) is 1.39. The highest BCUT2D eigenvalue weighted by molar-refractivity contribution is 7.89. The predicted octanol–water partition coefficient (Wildman–Crippen LogP) is 2.28. The van der Waals surface area contributed by atoms with Crippen molar-refractivity contribution in [2.45, 2.75) is 37.6 Å². The Hall–Kier alpha value is -0.430. The van der Waals surface area contributed by atoms with Gasteiger partial charge in [-0.15, -0.1) is 11.3 Å². The van der Waals surface area contributed by atoms with Crippen molar-refractivity contribution in [2.24, 2.45) is 5.92 Å². The second kappa shape index (κ2) is 6.35. The molecule has 0 radical (unpaired) electrons. The topological polar surface area (TPSA) is 49.4 Å². The minimum Gasteiger partial charge on any atom is -0.315 e. The monoisotopic (exact) mass is 302 g/mol. The first-order valence-corrected chi connectivity index (χ1v) is 9.12. The average molecular weight is 302 g/mol. The minimum absolute atomic E-state index is 0.490. The highest BCUT2D eigenvalue weighted by Gasteiger charge is 2.33. The third-order valence-corrected chi connectivity index (χ3v) is 6.61. The van der Waals surface area contributed by atoms with Crippen LogP contribution >= 0.6 is 11.3 Å². The second-order valence-corrected chi connectivity index (χ2v) is 7.95. The zero-order chi connectivity index (χ0) is 13.9. The lowest BCUT2D eigenvalue weighted by molar-refractivity contribution is 0.444. The standard InChI is InChI=1S/C13H22N2O2S2/c1-3-4-11-5-7-15(10-11)19(16,17)13-6-8-18-12(13)9-14-2/h6,8,11,14H,3-5,7,9-10H2,1-2H3. The molecule has 1 fully saturated rings. The van der Waals surface area contributed by atoms with Crippen molar-refractivity contribution >= 4 is 21.4 Å². The Balaban J connectivity index is 2.16. The lowest BCUT2D eigenvalue weighted by Crippen LogP contribution is -2.29. The first-order chi connectivity index (χ1) is 9.09. The maximum absolute atomic E-state index is 12.6. The predicted molar refractivity (Wildman–Crippen MR) is 78.9 cm³/mol. The van der Waals surface area contributed by atoms with E-state index in [9.17, 15) is 8.42 Å². The zero-order valence-corrected chi connectivity index (χ0v) is 13.2. The van der Waals surface area contributed by atoms with E-state index >= 15 is 0 Å². The number of hydrogen-bond donors (Lipinski definition) is 1. The van der Waals surface area contributed by atoms with Gasteiger partial charge >= 0.3 is 0 Å². The fourth-order valence-electron chi connectivity index (χ4n) is 2.65. The number of thiophene rings is 1. The third kappa shape index (κ3) is 3.18. The molecule has 1 aromatic heterocycles. The van der Waals surface area contributed by atoms with E-state index in [0.29, 0.717) is 30.4 Å². The van der Waals surface area contributed by atoms with Crippen molar-refractivity contribution in [1.82, 2.24) is 9.62 Å². The normalized spacial score (nSPS) is 21.1. The van der Waals surface area contributed by atoms with Crippen molar-refractivity contribution < 1.29 is 8.42 Å². The van der Waals surface area contributed by atoms with E-state index in [1.54, 1.807) is 10.4 Å². The Bertz CT molecular complexity index is 510. The molecule has 1 aromatic rings. The van der Waals surface area contributed by atoms with Gasteiger partial charge in [0.05, 0.1) is 4.90 Å². The number of rotatable bonds is 6. The summed E-state index contributed by atoms with van der Waals surface area (Å²) in [6.07, 6.45) is 3.25. The lowest BCUT2D eigenvalue weighted by atomic mass is 10.0. The van der Waals surface area contributed by atoms with Crippen molar-refractivity contribution in [3.05, 3.63) is 16.3 Å². The van der Waals surface area contributed by atoms with Gasteiger partial charge in [-0.1, -0.05) is 13.3 Å². The summed E-state index contributed by atoms with van der Waals surface area (Å²) in [7, 11) is -1.46. The first kappa shape index (κ1) is 15.0. The highest BCUT2D eigenvalue weighted by atomic mass is 32.2. The van der Waals surface area contributed by atoms with Crippen LogP contribution in [0, 0.1) is 5.92 Å². The van der Waals surface area contributed by atoms with Crippen LogP contribution in [0.25, 0.3) is 0 Å². The molecule has 108 valence electrons. The van der Waals surface area contributed by atoms with Crippen LogP contribution in [0.2, 0.25) is 0 Å². The molecule has 0 amide bonds. The average Bonchev–Trinajstić information content (AvgIpc) is 2.99. The Morgan fingerprint density at radius 1 is 1.53 bits per heavy atom. The number of nitrogens with zero attached hydrogens (tertiary/aromatic N) is 1. The molecule has 0 aromatic carbocycles. The minimum atomic E-state index is -3.30. The maximum atomic E-state index is 12.6. The van der Waals surface area contributed by atoms with E-state index in [1.165, 1.54) is 11.3 Å². The molecule has 0 spiro atoms. The van der Waals surface area contributed by atoms with Gasteiger partial charge in [-0.3, -0.25) is 0 Å². The van der Waals surface area contributed by atoms with Crippen LogP contribution < -0.4 is 5.32 Å². The van der Waals surface area contributed by atoms with Gasteiger partial charge in [-0.05, 0) is 37.3 Å². The van der Waals surface area contributed by atoms with Crippen LogP contribution in [0.5, 0.6) is 0 Å². The van der Waals surface area contributed by atoms with Crippen molar-refractivity contribution in [3.63, 3.8) is 0 Å². The molecule has 2 rings (SSSR count). The Kier molecular flexibility index (Phi) is 5.00. The molecule has 0 saturated carbocycles. The Labute approximate surface area is 119 Å². The molecule has 1 aliphatic rings. The summed E-state index contributed by atoms with van der Waals surface area (Å²) in [5.74, 6) is 0.533. The van der Waals surface area contributed by atoms with Crippen molar-refractivity contribution in [2.75, 3.05) is 20.1 Å². The lowest BCUT2D eigenvalue weighted by Gasteiger charge is -2.17. The summed E-state index contributed by atoms with van der Waals surface area (Å²) in [5, 5.41) is 4.89. The van der Waals surface area contributed by atoms with Gasteiger partial charge in [-0.25, -0.2) is 8.42 Å². The molecule has 2 heterocycles. The molecule has 4 nitrogen and oxygen atoms in total. The number of hydrogen-bond acceptors (Lipinski definition) is 4. The van der Waals surface area contributed by atoms with Gasteiger partial charge in [-0.2, -0.15) is 4.31 Å². The molecule has 1 atom stereocenters. The van der Waals surface area contributed by atoms with E-state index in [2.05, 4.69) is 12.2 Å². The van der Waals surface area contributed by atoms with Gasteiger partial charge in [0.2, 0.25) is 10.0 Å². The molecule has 1 saturated heterocycles. The molecule has 1 unspecified atom stereocenters. The summed E-state index contributed by atoms with van der Waals surface area (Å²) in [5.41, 5.74) is 0. The molecular weight excluding hydrogens is 280 g/mol. The van der Waals surface area contributed by atoms with Crippen LogP contribution in [0.1, 0.15) is 31.1 Å². The molecule has 19 heavy (non-hydrogen) atoms. The SMILES string of the molecule is CCCC1CCN(S(=O)(=O)c2ccsc2CNC)C1. The van der Waals surface area contributed by atoms with E-state index in [0.717, 1.165) is 24.1 Å². The van der Waals surface area contributed by atoms with Gasteiger partial charge < -0.3 is 5.32 Å². The number of sulfonamides is 1. The summed E-state index contributed by atoms with van der Waals surface area (Å²) in [6.45, 7) is 4.12. The molecular formula is C13H22N2O2S2. The Morgan fingerprint density at radius 2 is 2.32 bits per heavy atom. The highest BCUT2D eigenvalue weighted by Crippen LogP contribution is 2.30. The molecule has 0 aliphatic carbocycles. The van der Waals surface area contributed by atoms with Gasteiger partial charge in [0.1, 0.15) is 0 Å². The second-order valence-electron chi connectivity index (χ2n) is 5.04. The van der Waals surface area contributed by atoms with Gasteiger partial charge in [0, 0.05) is 24.5 Å². The molecule has 1 aliphatic heterocycles. The summed E-state index contributed by atoms with van der Waals surface area (Å²) < 4.78 is 27.0. The molecule has 0 bridgehead atoms.